The Morgan fingerprint density at radius 3 is 2.48 bits per heavy atom. The minimum atomic E-state index is -0.643. The van der Waals surface area contributed by atoms with Crippen LogP contribution in [0.25, 0.3) is 0 Å². The topological polar surface area (TPSA) is 72.8 Å². The third kappa shape index (κ3) is 5.39. The number of aliphatic hydroxyl groups is 2. The first-order valence-corrected chi connectivity index (χ1v) is 11.0. The van der Waals surface area contributed by atoms with Crippen LogP contribution in [0.15, 0.2) is 24.3 Å². The summed E-state index contributed by atoms with van der Waals surface area (Å²) in [6, 6.07) is 8.55. The predicted molar refractivity (Wildman–Crippen MR) is 114 cm³/mol. The van der Waals surface area contributed by atoms with Crippen molar-refractivity contribution < 1.29 is 15.0 Å². The molecular formula is C24H34N2O3. The third-order valence-corrected chi connectivity index (χ3v) is 6.24. The van der Waals surface area contributed by atoms with Gasteiger partial charge in [-0.05, 0) is 37.5 Å². The zero-order valence-corrected chi connectivity index (χ0v) is 17.6. The first-order valence-electron chi connectivity index (χ1n) is 11.0. The second-order valence-corrected chi connectivity index (χ2v) is 8.35. The monoisotopic (exact) mass is 398 g/mol. The van der Waals surface area contributed by atoms with Crippen molar-refractivity contribution in [3.8, 4) is 11.8 Å². The Balaban J connectivity index is 1.73. The van der Waals surface area contributed by atoms with Crippen LogP contribution in [0.4, 0.5) is 0 Å². The maximum absolute atomic E-state index is 12.7. The van der Waals surface area contributed by atoms with E-state index < -0.39 is 6.10 Å². The molecule has 0 spiro atoms. The number of hydrogen-bond donors (Lipinski definition) is 3. The highest BCUT2D eigenvalue weighted by atomic mass is 16.3. The van der Waals surface area contributed by atoms with Crippen molar-refractivity contribution in [2.45, 2.75) is 82.5 Å². The van der Waals surface area contributed by atoms with E-state index in [0.717, 1.165) is 24.0 Å². The van der Waals surface area contributed by atoms with Gasteiger partial charge in [0.25, 0.3) is 0 Å². The van der Waals surface area contributed by atoms with E-state index >= 15 is 0 Å². The molecule has 5 heteroatoms. The van der Waals surface area contributed by atoms with Gasteiger partial charge in [0.2, 0.25) is 5.91 Å². The molecule has 5 nitrogen and oxygen atoms in total. The fourth-order valence-electron chi connectivity index (χ4n) is 4.68. The van der Waals surface area contributed by atoms with E-state index in [9.17, 15) is 15.0 Å². The molecule has 1 aromatic rings. The van der Waals surface area contributed by atoms with Gasteiger partial charge in [-0.2, -0.15) is 0 Å². The van der Waals surface area contributed by atoms with Crippen molar-refractivity contribution in [2.24, 2.45) is 0 Å². The first kappa shape index (κ1) is 21.8. The molecule has 1 heterocycles. The van der Waals surface area contributed by atoms with Gasteiger partial charge in [0.15, 0.2) is 0 Å². The Labute approximate surface area is 174 Å². The van der Waals surface area contributed by atoms with Crippen LogP contribution >= 0.6 is 0 Å². The molecule has 3 rings (SSSR count). The van der Waals surface area contributed by atoms with Crippen molar-refractivity contribution in [3.05, 3.63) is 35.4 Å². The van der Waals surface area contributed by atoms with E-state index in [-0.39, 0.29) is 30.5 Å². The average Bonchev–Trinajstić information content (AvgIpc) is 2.73. The highest BCUT2D eigenvalue weighted by molar-refractivity contribution is 5.76. The lowest BCUT2D eigenvalue weighted by Gasteiger charge is -2.49. The van der Waals surface area contributed by atoms with Gasteiger partial charge in [-0.25, -0.2) is 0 Å². The van der Waals surface area contributed by atoms with Crippen molar-refractivity contribution in [1.82, 2.24) is 10.2 Å². The van der Waals surface area contributed by atoms with Crippen LogP contribution in [0.1, 0.15) is 69.4 Å². The second-order valence-electron chi connectivity index (χ2n) is 8.35. The summed E-state index contributed by atoms with van der Waals surface area (Å²) >= 11 is 0. The fourth-order valence-corrected chi connectivity index (χ4v) is 4.68. The normalized spacial score (nSPS) is 25.4. The molecule has 3 N–H and O–H groups in total. The Bertz CT molecular complexity index is 729. The van der Waals surface area contributed by atoms with Crippen molar-refractivity contribution in [1.29, 1.82) is 0 Å². The standard InChI is InChI=1S/C24H34N2O3/c1-3-23(29)26(20-7-5-4-6-8-20)15-21-24(22(16-27)25-21)19-13-11-18(12-14-19)10-9-17(2)28/h11-14,17,20-22,24-25,27-28H,3-8,15-16H2,1-2H3/t17-,21+,22-,24-/m1/s1. The number of benzene rings is 1. The van der Waals surface area contributed by atoms with E-state index in [1.165, 1.54) is 19.3 Å². The van der Waals surface area contributed by atoms with Gasteiger partial charge in [-0.15, -0.1) is 0 Å². The Morgan fingerprint density at radius 1 is 1.21 bits per heavy atom. The first-order chi connectivity index (χ1) is 14.0. The van der Waals surface area contributed by atoms with Crippen LogP contribution in [0, 0.1) is 11.8 Å². The largest absolute Gasteiger partial charge is 0.395 e. The van der Waals surface area contributed by atoms with Crippen LogP contribution < -0.4 is 5.32 Å². The maximum atomic E-state index is 12.7. The van der Waals surface area contributed by atoms with Crippen molar-refractivity contribution in [3.63, 3.8) is 0 Å². The SMILES string of the molecule is CCC(=O)N(C[C@@H]1N[C@H](CO)[C@@H]1c1ccc(C#C[C@@H](C)O)cc1)C1CCCCC1. The molecule has 29 heavy (non-hydrogen) atoms. The number of carbonyl (C=O) groups is 1. The quantitative estimate of drug-likeness (QED) is 0.644. The molecule has 0 radical (unpaired) electrons. The molecule has 2 fully saturated rings. The summed E-state index contributed by atoms with van der Waals surface area (Å²) in [5.41, 5.74) is 2.02. The smallest absolute Gasteiger partial charge is 0.222 e. The summed E-state index contributed by atoms with van der Waals surface area (Å²) < 4.78 is 0. The third-order valence-electron chi connectivity index (χ3n) is 6.24. The van der Waals surface area contributed by atoms with Crippen LogP contribution in [-0.4, -0.2) is 58.4 Å². The van der Waals surface area contributed by atoms with Gasteiger partial charge >= 0.3 is 0 Å². The Kier molecular flexibility index (Phi) is 7.71. The number of nitrogens with zero attached hydrogens (tertiary/aromatic N) is 1. The minimum absolute atomic E-state index is 0.0133. The van der Waals surface area contributed by atoms with Gasteiger partial charge < -0.3 is 20.4 Å². The van der Waals surface area contributed by atoms with Crippen molar-refractivity contribution in [2.75, 3.05) is 13.2 Å². The molecule has 0 bridgehead atoms. The summed E-state index contributed by atoms with van der Waals surface area (Å²) in [5.74, 6) is 6.13. The summed E-state index contributed by atoms with van der Waals surface area (Å²) in [4.78, 5) is 14.8. The predicted octanol–water partition coefficient (Wildman–Crippen LogP) is 2.41. The number of aliphatic hydroxyl groups excluding tert-OH is 2. The molecule has 1 saturated heterocycles. The molecule has 4 atom stereocenters. The Hall–Kier alpha value is -1.87. The molecule has 0 unspecified atom stereocenters. The maximum Gasteiger partial charge on any atom is 0.222 e. The minimum Gasteiger partial charge on any atom is -0.395 e. The van der Waals surface area contributed by atoms with Gasteiger partial charge in [0.05, 0.1) is 6.61 Å². The highest BCUT2D eigenvalue weighted by Crippen LogP contribution is 2.34. The van der Waals surface area contributed by atoms with Gasteiger partial charge in [0, 0.05) is 42.6 Å². The molecule has 1 saturated carbocycles. The van der Waals surface area contributed by atoms with Gasteiger partial charge in [-0.3, -0.25) is 4.79 Å². The van der Waals surface area contributed by atoms with Crippen molar-refractivity contribution >= 4 is 5.91 Å². The van der Waals surface area contributed by atoms with E-state index in [2.05, 4.69) is 34.2 Å². The Morgan fingerprint density at radius 2 is 1.90 bits per heavy atom. The lowest BCUT2D eigenvalue weighted by atomic mass is 9.77. The number of carbonyl (C=O) groups excluding carboxylic acids is 1. The zero-order valence-electron chi connectivity index (χ0n) is 17.6. The van der Waals surface area contributed by atoms with E-state index in [1.54, 1.807) is 6.92 Å². The average molecular weight is 399 g/mol. The number of hydrogen-bond acceptors (Lipinski definition) is 4. The summed E-state index contributed by atoms with van der Waals surface area (Å²) in [5, 5.41) is 22.6. The van der Waals surface area contributed by atoms with Crippen LogP contribution in [0.2, 0.25) is 0 Å². The molecule has 1 aliphatic carbocycles. The van der Waals surface area contributed by atoms with Gasteiger partial charge in [-0.1, -0.05) is 50.2 Å². The molecule has 1 aliphatic heterocycles. The molecule has 1 aromatic carbocycles. The summed E-state index contributed by atoms with van der Waals surface area (Å²) in [6.45, 7) is 4.36. The second kappa shape index (κ2) is 10.2. The van der Waals surface area contributed by atoms with Crippen LogP contribution in [-0.2, 0) is 4.79 Å². The lowest BCUT2D eigenvalue weighted by Crippen LogP contribution is -2.65. The number of rotatable bonds is 6. The summed E-state index contributed by atoms with van der Waals surface area (Å²) in [7, 11) is 0. The summed E-state index contributed by atoms with van der Waals surface area (Å²) in [6.07, 6.45) is 5.77. The fraction of sp³-hybridized carbons (Fsp3) is 0.625. The lowest BCUT2D eigenvalue weighted by molar-refractivity contribution is -0.135. The molecular weight excluding hydrogens is 364 g/mol. The molecule has 2 aliphatic rings. The highest BCUT2D eigenvalue weighted by Gasteiger charge is 2.43. The number of amides is 1. The van der Waals surface area contributed by atoms with E-state index in [4.69, 9.17) is 0 Å². The van der Waals surface area contributed by atoms with Crippen LogP contribution in [0.5, 0.6) is 0 Å². The van der Waals surface area contributed by atoms with E-state index in [0.29, 0.717) is 19.0 Å². The molecule has 1 amide bonds. The zero-order chi connectivity index (χ0) is 20.8. The van der Waals surface area contributed by atoms with Crippen LogP contribution in [0.3, 0.4) is 0 Å². The molecule has 158 valence electrons. The van der Waals surface area contributed by atoms with Gasteiger partial charge in [0.1, 0.15) is 6.10 Å². The molecule has 0 aromatic heterocycles. The van der Waals surface area contributed by atoms with E-state index in [1.807, 2.05) is 19.1 Å². The number of nitrogens with one attached hydrogen (secondary N) is 1.